The van der Waals surface area contributed by atoms with Crippen LogP contribution in [-0.2, 0) is 0 Å². The Morgan fingerprint density at radius 1 is 0.333 bits per heavy atom. The number of fused-ring (bicyclic) bond motifs is 9. The fourth-order valence-electron chi connectivity index (χ4n) is 8.63. The molecule has 0 amide bonds. The molecule has 12 rings (SSSR count). The van der Waals surface area contributed by atoms with Gasteiger partial charge in [-0.25, -0.2) is 15.0 Å². The molecule has 266 valence electrons. The van der Waals surface area contributed by atoms with Crippen LogP contribution in [0.1, 0.15) is 0 Å². The Hall–Kier alpha value is -7.83. The first-order valence-electron chi connectivity index (χ1n) is 19.1. The Labute approximate surface area is 326 Å². The van der Waals surface area contributed by atoms with Gasteiger partial charge < -0.3 is 13.6 Å². The molecule has 6 nitrogen and oxygen atoms in total. The lowest BCUT2D eigenvalue weighted by atomic mass is 10.1. The number of nitrogens with zero attached hydrogens (tertiary/aromatic N) is 5. The van der Waals surface area contributed by atoms with E-state index in [1.807, 2.05) is 66.7 Å². The van der Waals surface area contributed by atoms with Gasteiger partial charge in [-0.3, -0.25) is 0 Å². The van der Waals surface area contributed by atoms with Gasteiger partial charge in [-0.2, -0.15) is 0 Å². The monoisotopic (exact) mass is 729 g/mol. The van der Waals surface area contributed by atoms with Gasteiger partial charge in [0.15, 0.2) is 23.1 Å². The summed E-state index contributed by atoms with van der Waals surface area (Å²) in [6.07, 6.45) is 0. The van der Waals surface area contributed by atoms with Crippen LogP contribution in [0.25, 0.3) is 111 Å². The van der Waals surface area contributed by atoms with Gasteiger partial charge in [0.25, 0.3) is 0 Å². The number of aromatic nitrogens is 5. The standard InChI is InChI=1S/C51H31N5O/c1-4-16-32(17-5-1)49-52-50(33-18-6-2-7-19-33)54-51(53-49)39-26-14-24-37-38-25-15-29-44(48(38)57-47(37)39)56-43-28-13-11-23-36(43)41-30-40-35-22-10-12-27-42(35)55(45(40)31-46(41)56)34-20-8-3-9-21-34/h1-31H. The summed E-state index contributed by atoms with van der Waals surface area (Å²) < 4.78 is 11.8. The SMILES string of the molecule is c1ccc(-c2nc(-c3ccccc3)nc(-c3cccc4c3oc3c(-n5c6ccccc6c6cc7c8ccccc8n(-c8ccccc8)c7cc65)cccc34)n2)cc1. The minimum Gasteiger partial charge on any atom is -0.453 e. The van der Waals surface area contributed by atoms with Crippen LogP contribution in [-0.4, -0.2) is 24.1 Å². The Bertz CT molecular complexity index is 3450. The molecule has 0 N–H and O–H groups in total. The summed E-state index contributed by atoms with van der Waals surface area (Å²) in [6, 6.07) is 65.5. The van der Waals surface area contributed by atoms with Crippen molar-refractivity contribution in [2.24, 2.45) is 0 Å². The average molecular weight is 730 g/mol. The molecule has 0 aliphatic heterocycles. The molecule has 8 aromatic carbocycles. The molecule has 0 spiro atoms. The van der Waals surface area contributed by atoms with Gasteiger partial charge in [0.1, 0.15) is 5.58 Å². The summed E-state index contributed by atoms with van der Waals surface area (Å²) in [6.45, 7) is 0. The highest BCUT2D eigenvalue weighted by molar-refractivity contribution is 6.20. The molecule has 4 heterocycles. The number of furan rings is 1. The third-order valence-corrected chi connectivity index (χ3v) is 11.2. The molecular weight excluding hydrogens is 699 g/mol. The summed E-state index contributed by atoms with van der Waals surface area (Å²) in [5.41, 5.74) is 10.8. The fraction of sp³-hybridized carbons (Fsp3) is 0. The van der Waals surface area contributed by atoms with E-state index in [1.54, 1.807) is 0 Å². The summed E-state index contributed by atoms with van der Waals surface area (Å²) in [5, 5.41) is 6.85. The highest BCUT2D eigenvalue weighted by Gasteiger charge is 2.23. The number of rotatable bonds is 5. The summed E-state index contributed by atoms with van der Waals surface area (Å²) >= 11 is 0. The number of hydrogen-bond acceptors (Lipinski definition) is 4. The van der Waals surface area contributed by atoms with Gasteiger partial charge in [0.05, 0.1) is 33.3 Å². The minimum absolute atomic E-state index is 0.557. The highest BCUT2D eigenvalue weighted by Crippen LogP contribution is 2.43. The zero-order valence-electron chi connectivity index (χ0n) is 30.5. The van der Waals surface area contributed by atoms with E-state index < -0.39 is 0 Å². The molecule has 0 aliphatic carbocycles. The first-order valence-corrected chi connectivity index (χ1v) is 19.1. The van der Waals surface area contributed by atoms with Crippen molar-refractivity contribution < 1.29 is 4.42 Å². The van der Waals surface area contributed by atoms with Gasteiger partial charge in [-0.1, -0.05) is 140 Å². The number of para-hydroxylation sites is 5. The van der Waals surface area contributed by atoms with E-state index in [0.29, 0.717) is 17.5 Å². The maximum atomic E-state index is 7.08. The Morgan fingerprint density at radius 3 is 1.47 bits per heavy atom. The van der Waals surface area contributed by atoms with Crippen LogP contribution in [0.15, 0.2) is 192 Å². The van der Waals surface area contributed by atoms with E-state index in [1.165, 1.54) is 27.1 Å². The van der Waals surface area contributed by atoms with Crippen molar-refractivity contribution in [3.05, 3.63) is 188 Å². The van der Waals surface area contributed by atoms with Gasteiger partial charge in [-0.05, 0) is 48.5 Å². The molecule has 0 saturated heterocycles. The van der Waals surface area contributed by atoms with E-state index in [-0.39, 0.29) is 0 Å². The molecule has 0 atom stereocenters. The van der Waals surface area contributed by atoms with Crippen molar-refractivity contribution in [3.63, 3.8) is 0 Å². The smallest absolute Gasteiger partial charge is 0.167 e. The molecule has 6 heteroatoms. The molecule has 0 radical (unpaired) electrons. The number of benzene rings is 8. The van der Waals surface area contributed by atoms with Crippen molar-refractivity contribution in [2.75, 3.05) is 0 Å². The quantitative estimate of drug-likeness (QED) is 0.177. The molecule has 0 bridgehead atoms. The van der Waals surface area contributed by atoms with Crippen molar-refractivity contribution in [1.82, 2.24) is 24.1 Å². The van der Waals surface area contributed by atoms with E-state index in [4.69, 9.17) is 19.4 Å². The van der Waals surface area contributed by atoms with E-state index in [0.717, 1.165) is 66.6 Å². The van der Waals surface area contributed by atoms with Crippen molar-refractivity contribution >= 4 is 65.6 Å². The largest absolute Gasteiger partial charge is 0.453 e. The van der Waals surface area contributed by atoms with Crippen LogP contribution in [0.3, 0.4) is 0 Å². The second kappa shape index (κ2) is 12.3. The fourth-order valence-corrected chi connectivity index (χ4v) is 8.63. The molecular formula is C51H31N5O. The summed E-state index contributed by atoms with van der Waals surface area (Å²) in [5.74, 6) is 1.78. The molecule has 4 aromatic heterocycles. The lowest BCUT2D eigenvalue weighted by Crippen LogP contribution is -2.00. The summed E-state index contributed by atoms with van der Waals surface area (Å²) in [7, 11) is 0. The average Bonchev–Trinajstić information content (AvgIpc) is 3.94. The zero-order valence-corrected chi connectivity index (χ0v) is 30.5. The van der Waals surface area contributed by atoms with E-state index in [9.17, 15) is 0 Å². The predicted octanol–water partition coefficient (Wildman–Crippen LogP) is 13.0. The summed E-state index contributed by atoms with van der Waals surface area (Å²) in [4.78, 5) is 15.1. The van der Waals surface area contributed by atoms with Crippen molar-refractivity contribution in [2.45, 2.75) is 0 Å². The Balaban J connectivity index is 1.13. The lowest BCUT2D eigenvalue weighted by molar-refractivity contribution is 0.667. The van der Waals surface area contributed by atoms with Crippen LogP contribution >= 0.6 is 0 Å². The van der Waals surface area contributed by atoms with Crippen LogP contribution in [0, 0.1) is 0 Å². The molecule has 0 saturated carbocycles. The molecule has 0 aliphatic rings. The first kappa shape index (κ1) is 31.5. The minimum atomic E-state index is 0.557. The van der Waals surface area contributed by atoms with Crippen LogP contribution in [0.4, 0.5) is 0 Å². The molecule has 57 heavy (non-hydrogen) atoms. The third kappa shape index (κ3) is 4.81. The topological polar surface area (TPSA) is 61.7 Å². The second-order valence-corrected chi connectivity index (χ2v) is 14.4. The van der Waals surface area contributed by atoms with Crippen molar-refractivity contribution in [1.29, 1.82) is 0 Å². The van der Waals surface area contributed by atoms with Crippen molar-refractivity contribution in [3.8, 4) is 45.5 Å². The zero-order chi connectivity index (χ0) is 37.5. The van der Waals surface area contributed by atoms with Crippen LogP contribution < -0.4 is 0 Å². The lowest BCUT2D eigenvalue weighted by Gasteiger charge is -2.10. The van der Waals surface area contributed by atoms with E-state index in [2.05, 4.69) is 130 Å². The molecule has 0 unspecified atom stereocenters. The Kier molecular flexibility index (Phi) is 6.83. The first-order chi connectivity index (χ1) is 28.3. The second-order valence-electron chi connectivity index (χ2n) is 14.4. The van der Waals surface area contributed by atoms with E-state index >= 15 is 0 Å². The maximum Gasteiger partial charge on any atom is 0.167 e. The van der Waals surface area contributed by atoms with Crippen LogP contribution in [0.5, 0.6) is 0 Å². The molecule has 12 aromatic rings. The van der Waals surface area contributed by atoms with Gasteiger partial charge in [0, 0.05) is 49.1 Å². The van der Waals surface area contributed by atoms with Gasteiger partial charge in [-0.15, -0.1) is 0 Å². The van der Waals surface area contributed by atoms with Gasteiger partial charge in [0.2, 0.25) is 0 Å². The van der Waals surface area contributed by atoms with Gasteiger partial charge >= 0.3 is 0 Å². The normalized spacial score (nSPS) is 11.9. The highest BCUT2D eigenvalue weighted by atomic mass is 16.3. The van der Waals surface area contributed by atoms with Crippen LogP contribution in [0.2, 0.25) is 0 Å². The molecule has 0 fully saturated rings. The third-order valence-electron chi connectivity index (χ3n) is 11.2. The Morgan fingerprint density at radius 2 is 0.825 bits per heavy atom. The number of hydrogen-bond donors (Lipinski definition) is 0. The maximum absolute atomic E-state index is 7.08. The predicted molar refractivity (Wildman–Crippen MR) is 232 cm³/mol.